The molecule has 0 aliphatic carbocycles. The molecule has 3 aromatic rings. The van der Waals surface area contributed by atoms with E-state index < -0.39 is 22.6 Å². The van der Waals surface area contributed by atoms with Crippen LogP contribution in [0.3, 0.4) is 0 Å². The second kappa shape index (κ2) is 8.31. The number of nitriles is 1. The summed E-state index contributed by atoms with van der Waals surface area (Å²) in [7, 11) is 1.26. The van der Waals surface area contributed by atoms with Crippen molar-refractivity contribution in [3.8, 4) is 6.07 Å². The maximum Gasteiger partial charge on any atom is 0.314 e. The molecular formula is C20H15FN4O4. The summed E-state index contributed by atoms with van der Waals surface area (Å²) in [4.78, 5) is 26.9. The molecule has 146 valence electrons. The zero-order valence-corrected chi connectivity index (χ0v) is 15.3. The van der Waals surface area contributed by atoms with Gasteiger partial charge in [-0.3, -0.25) is 14.9 Å². The van der Waals surface area contributed by atoms with Crippen LogP contribution >= 0.6 is 0 Å². The van der Waals surface area contributed by atoms with Crippen molar-refractivity contribution in [2.24, 2.45) is 0 Å². The third-order valence-corrected chi connectivity index (χ3v) is 4.37. The van der Waals surface area contributed by atoms with Crippen LogP contribution in [0.5, 0.6) is 0 Å². The fourth-order valence-electron chi connectivity index (χ4n) is 2.89. The summed E-state index contributed by atoms with van der Waals surface area (Å²) in [5, 5.41) is 23.7. The van der Waals surface area contributed by atoms with Crippen molar-refractivity contribution in [1.29, 1.82) is 5.26 Å². The van der Waals surface area contributed by atoms with Crippen molar-refractivity contribution < 1.29 is 18.8 Å². The number of ether oxygens (including phenoxy) is 1. The lowest BCUT2D eigenvalue weighted by Crippen LogP contribution is -2.23. The number of carbonyl (C=O) groups excluding carboxylic acids is 1. The standard InChI is InChI=1S/C20H15FN4O4/c1-29-20(26)17(12-2-4-14(21)5-3-12)11-23-19-8-13(10-22)16-9-15(25(27)28)6-7-18(16)24-19/h2-9,17H,11H2,1H3,(H,23,24). The lowest BCUT2D eigenvalue weighted by atomic mass is 9.99. The number of rotatable bonds is 6. The predicted molar refractivity (Wildman–Crippen MR) is 103 cm³/mol. The molecule has 0 saturated heterocycles. The van der Waals surface area contributed by atoms with Gasteiger partial charge in [0.2, 0.25) is 0 Å². The average molecular weight is 394 g/mol. The largest absolute Gasteiger partial charge is 0.468 e. The van der Waals surface area contributed by atoms with E-state index >= 15 is 0 Å². The molecule has 0 spiro atoms. The van der Waals surface area contributed by atoms with E-state index in [1.54, 1.807) is 0 Å². The van der Waals surface area contributed by atoms with Crippen LogP contribution in [0.25, 0.3) is 10.9 Å². The zero-order chi connectivity index (χ0) is 21.0. The molecule has 0 aliphatic heterocycles. The van der Waals surface area contributed by atoms with Crippen LogP contribution in [-0.4, -0.2) is 29.5 Å². The number of nitrogens with one attached hydrogen (secondary N) is 1. The summed E-state index contributed by atoms with van der Waals surface area (Å²) in [5.41, 5.74) is 1.02. The smallest absolute Gasteiger partial charge is 0.314 e. The van der Waals surface area contributed by atoms with E-state index in [0.717, 1.165) is 0 Å². The Morgan fingerprint density at radius 3 is 2.66 bits per heavy atom. The van der Waals surface area contributed by atoms with Gasteiger partial charge in [-0.1, -0.05) is 12.1 Å². The van der Waals surface area contributed by atoms with Crippen molar-refractivity contribution in [2.75, 3.05) is 19.0 Å². The van der Waals surface area contributed by atoms with Crippen molar-refractivity contribution in [1.82, 2.24) is 4.98 Å². The number of pyridine rings is 1. The Balaban J connectivity index is 1.91. The van der Waals surface area contributed by atoms with Crippen LogP contribution in [0.15, 0.2) is 48.5 Å². The number of aromatic nitrogens is 1. The minimum Gasteiger partial charge on any atom is -0.468 e. The fourth-order valence-corrected chi connectivity index (χ4v) is 2.89. The van der Waals surface area contributed by atoms with Crippen LogP contribution in [0.4, 0.5) is 15.9 Å². The summed E-state index contributed by atoms with van der Waals surface area (Å²) in [6, 6.07) is 13.0. The highest BCUT2D eigenvalue weighted by Crippen LogP contribution is 2.26. The van der Waals surface area contributed by atoms with E-state index in [1.165, 1.54) is 55.6 Å². The van der Waals surface area contributed by atoms with E-state index in [1.807, 2.05) is 6.07 Å². The number of non-ortho nitro benzene ring substituents is 1. The molecule has 29 heavy (non-hydrogen) atoms. The molecule has 9 heteroatoms. The number of nitro benzene ring substituents is 1. The van der Waals surface area contributed by atoms with Gasteiger partial charge in [-0.15, -0.1) is 0 Å². The topological polar surface area (TPSA) is 118 Å². The number of hydrogen-bond acceptors (Lipinski definition) is 7. The Labute approximate surface area is 164 Å². The molecule has 0 aliphatic rings. The molecular weight excluding hydrogens is 379 g/mol. The van der Waals surface area contributed by atoms with Gasteiger partial charge in [0.15, 0.2) is 0 Å². The Bertz CT molecular complexity index is 1130. The Hall–Kier alpha value is -4.06. The number of esters is 1. The molecule has 1 aromatic heterocycles. The van der Waals surface area contributed by atoms with E-state index in [0.29, 0.717) is 22.3 Å². The molecule has 1 unspecified atom stereocenters. The number of anilines is 1. The molecule has 1 atom stereocenters. The lowest BCUT2D eigenvalue weighted by Gasteiger charge is -2.16. The number of carbonyl (C=O) groups is 1. The second-order valence-corrected chi connectivity index (χ2v) is 6.13. The SMILES string of the molecule is COC(=O)C(CNc1cc(C#N)c2cc([N+](=O)[O-])ccc2n1)c1ccc(F)cc1. The summed E-state index contributed by atoms with van der Waals surface area (Å²) in [5.74, 6) is -1.34. The molecule has 2 aromatic carbocycles. The highest BCUT2D eigenvalue weighted by Gasteiger charge is 2.22. The van der Waals surface area contributed by atoms with Crippen molar-refractivity contribution in [3.05, 3.63) is 75.6 Å². The van der Waals surface area contributed by atoms with E-state index in [4.69, 9.17) is 4.74 Å². The number of halogens is 1. The molecule has 1 N–H and O–H groups in total. The van der Waals surface area contributed by atoms with Gasteiger partial charge in [-0.05, 0) is 29.8 Å². The highest BCUT2D eigenvalue weighted by molar-refractivity contribution is 5.88. The molecule has 3 rings (SSSR count). The average Bonchev–Trinajstić information content (AvgIpc) is 2.73. The lowest BCUT2D eigenvalue weighted by molar-refractivity contribution is -0.384. The maximum absolute atomic E-state index is 13.2. The van der Waals surface area contributed by atoms with Gasteiger partial charge in [0.25, 0.3) is 5.69 Å². The van der Waals surface area contributed by atoms with Crippen LogP contribution in [0, 0.1) is 27.3 Å². The Morgan fingerprint density at radius 2 is 2.03 bits per heavy atom. The van der Waals surface area contributed by atoms with Gasteiger partial charge in [0.05, 0.1) is 35.1 Å². The fraction of sp³-hybridized carbons (Fsp3) is 0.150. The summed E-state index contributed by atoms with van der Waals surface area (Å²) in [6.07, 6.45) is 0. The predicted octanol–water partition coefficient (Wildman–Crippen LogP) is 3.52. The quantitative estimate of drug-likeness (QED) is 0.386. The first-order valence-corrected chi connectivity index (χ1v) is 8.49. The first kappa shape index (κ1) is 19.7. The van der Waals surface area contributed by atoms with E-state index in [9.17, 15) is 24.6 Å². The van der Waals surface area contributed by atoms with Crippen molar-refractivity contribution >= 4 is 28.4 Å². The Morgan fingerprint density at radius 1 is 1.31 bits per heavy atom. The van der Waals surface area contributed by atoms with Crippen LogP contribution in [0.1, 0.15) is 17.0 Å². The summed E-state index contributed by atoms with van der Waals surface area (Å²) < 4.78 is 18.0. The number of methoxy groups -OCH3 is 1. The molecule has 0 radical (unpaired) electrons. The third kappa shape index (κ3) is 4.27. The molecule has 0 fully saturated rings. The monoisotopic (exact) mass is 394 g/mol. The number of nitrogens with zero attached hydrogens (tertiary/aromatic N) is 3. The maximum atomic E-state index is 13.2. The number of benzene rings is 2. The third-order valence-electron chi connectivity index (χ3n) is 4.37. The number of fused-ring (bicyclic) bond motifs is 1. The van der Waals surface area contributed by atoms with Crippen LogP contribution < -0.4 is 5.32 Å². The normalized spacial score (nSPS) is 11.5. The van der Waals surface area contributed by atoms with Gasteiger partial charge >= 0.3 is 5.97 Å². The zero-order valence-electron chi connectivity index (χ0n) is 15.3. The van der Waals surface area contributed by atoms with E-state index in [2.05, 4.69) is 10.3 Å². The van der Waals surface area contributed by atoms with Crippen LogP contribution in [-0.2, 0) is 9.53 Å². The first-order chi connectivity index (χ1) is 13.9. The van der Waals surface area contributed by atoms with Crippen molar-refractivity contribution in [3.63, 3.8) is 0 Å². The van der Waals surface area contributed by atoms with Gasteiger partial charge in [0.1, 0.15) is 11.6 Å². The van der Waals surface area contributed by atoms with Crippen molar-refractivity contribution in [2.45, 2.75) is 5.92 Å². The second-order valence-electron chi connectivity index (χ2n) is 6.13. The molecule has 0 saturated carbocycles. The van der Waals surface area contributed by atoms with Gasteiger partial charge in [0, 0.05) is 24.1 Å². The minimum absolute atomic E-state index is 0.0919. The highest BCUT2D eigenvalue weighted by atomic mass is 19.1. The summed E-state index contributed by atoms with van der Waals surface area (Å²) >= 11 is 0. The first-order valence-electron chi connectivity index (χ1n) is 8.49. The van der Waals surface area contributed by atoms with Gasteiger partial charge < -0.3 is 10.1 Å². The molecule has 1 heterocycles. The number of nitro groups is 1. The molecule has 0 bridgehead atoms. The number of hydrogen-bond donors (Lipinski definition) is 1. The minimum atomic E-state index is -0.722. The van der Waals surface area contributed by atoms with Gasteiger partial charge in [-0.2, -0.15) is 5.26 Å². The summed E-state index contributed by atoms with van der Waals surface area (Å²) in [6.45, 7) is 0.0919. The van der Waals surface area contributed by atoms with E-state index in [-0.39, 0.29) is 17.8 Å². The Kier molecular flexibility index (Phi) is 5.64. The molecule has 0 amide bonds. The van der Waals surface area contributed by atoms with Crippen LogP contribution in [0.2, 0.25) is 0 Å². The van der Waals surface area contributed by atoms with Gasteiger partial charge in [-0.25, -0.2) is 9.37 Å². The molecule has 8 nitrogen and oxygen atoms in total.